The molecule has 7 nitrogen and oxygen atoms in total. The molecule has 31 heavy (non-hydrogen) atoms. The summed E-state index contributed by atoms with van der Waals surface area (Å²) in [6.07, 6.45) is 4.48. The van der Waals surface area contributed by atoms with E-state index in [2.05, 4.69) is 10.2 Å². The number of benzene rings is 2. The predicted octanol–water partition coefficient (Wildman–Crippen LogP) is 4.85. The molecule has 3 aromatic rings. The van der Waals surface area contributed by atoms with E-state index in [0.29, 0.717) is 32.0 Å². The summed E-state index contributed by atoms with van der Waals surface area (Å²) in [5.41, 5.74) is 0.915. The van der Waals surface area contributed by atoms with Gasteiger partial charge in [-0.05, 0) is 60.3 Å². The van der Waals surface area contributed by atoms with Crippen LogP contribution in [0.2, 0.25) is 5.02 Å². The smallest absolute Gasteiger partial charge is 0.267 e. The van der Waals surface area contributed by atoms with Crippen molar-refractivity contribution in [1.29, 1.82) is 0 Å². The quantitative estimate of drug-likeness (QED) is 0.327. The number of aromatic hydroxyl groups is 2. The van der Waals surface area contributed by atoms with Crippen molar-refractivity contribution in [2.24, 2.45) is 10.2 Å². The van der Waals surface area contributed by atoms with Gasteiger partial charge in [0.05, 0.1) is 23.9 Å². The van der Waals surface area contributed by atoms with Gasteiger partial charge in [-0.15, -0.1) is 5.10 Å². The van der Waals surface area contributed by atoms with Crippen LogP contribution >= 0.6 is 23.4 Å². The fourth-order valence-corrected chi connectivity index (χ4v) is 3.91. The fraction of sp³-hybridized carbons (Fsp3) is 0.0455. The highest BCUT2D eigenvalue weighted by atomic mass is 35.5. The third kappa shape index (κ3) is 4.82. The molecule has 4 rings (SSSR count). The van der Waals surface area contributed by atoms with Crippen molar-refractivity contribution in [3.8, 4) is 11.5 Å². The Hall–Kier alpha value is -3.49. The molecule has 156 valence electrons. The average molecular weight is 454 g/mol. The summed E-state index contributed by atoms with van der Waals surface area (Å²) in [6.45, 7) is 0.169. The molecular weight excluding hydrogens is 438 g/mol. The van der Waals surface area contributed by atoms with Crippen molar-refractivity contribution in [2.45, 2.75) is 6.54 Å². The molecule has 0 saturated carbocycles. The maximum Gasteiger partial charge on any atom is 0.267 e. The molecule has 2 heterocycles. The first-order chi connectivity index (χ1) is 15.0. The first-order valence-electron chi connectivity index (χ1n) is 9.12. The van der Waals surface area contributed by atoms with Crippen LogP contribution < -0.4 is 0 Å². The Morgan fingerprint density at radius 1 is 1.06 bits per heavy atom. The minimum absolute atomic E-state index is 0.00541. The monoisotopic (exact) mass is 453 g/mol. The number of nitrogens with zero attached hydrogens (tertiary/aromatic N) is 3. The molecule has 2 aromatic carbocycles. The Morgan fingerprint density at radius 2 is 1.87 bits per heavy atom. The van der Waals surface area contributed by atoms with Crippen molar-refractivity contribution in [3.05, 3.63) is 87.7 Å². The van der Waals surface area contributed by atoms with Gasteiger partial charge >= 0.3 is 0 Å². The Bertz CT molecular complexity index is 1210. The molecule has 1 saturated heterocycles. The van der Waals surface area contributed by atoms with Crippen LogP contribution in [-0.4, -0.2) is 32.4 Å². The number of amidine groups is 1. The lowest BCUT2D eigenvalue weighted by Gasteiger charge is -2.12. The van der Waals surface area contributed by atoms with Crippen LogP contribution in [0.25, 0.3) is 6.08 Å². The number of para-hydroxylation sites is 1. The van der Waals surface area contributed by atoms with E-state index < -0.39 is 0 Å². The van der Waals surface area contributed by atoms with Gasteiger partial charge in [0.1, 0.15) is 17.3 Å². The SMILES string of the molecule is O=C1/C(=C/c2cc(Cl)ccc2O)S/C(=N/N=C\c2ccccc2O)N1Cc1ccco1. The van der Waals surface area contributed by atoms with E-state index in [9.17, 15) is 15.0 Å². The summed E-state index contributed by atoms with van der Waals surface area (Å²) in [4.78, 5) is 14.8. The summed E-state index contributed by atoms with van der Waals surface area (Å²) < 4.78 is 5.36. The number of furan rings is 1. The van der Waals surface area contributed by atoms with Gasteiger partial charge in [-0.1, -0.05) is 23.7 Å². The molecule has 0 bridgehead atoms. The van der Waals surface area contributed by atoms with Gasteiger partial charge in [-0.2, -0.15) is 5.10 Å². The second-order valence-electron chi connectivity index (χ2n) is 6.47. The first-order valence-corrected chi connectivity index (χ1v) is 10.3. The van der Waals surface area contributed by atoms with Gasteiger partial charge in [-0.25, -0.2) is 0 Å². The van der Waals surface area contributed by atoms with Gasteiger partial charge in [0.25, 0.3) is 5.91 Å². The van der Waals surface area contributed by atoms with Crippen molar-refractivity contribution < 1.29 is 19.4 Å². The van der Waals surface area contributed by atoms with Crippen LogP contribution in [0.1, 0.15) is 16.9 Å². The molecule has 0 aliphatic carbocycles. The Morgan fingerprint density at radius 3 is 2.65 bits per heavy atom. The van der Waals surface area contributed by atoms with Gasteiger partial charge < -0.3 is 14.6 Å². The van der Waals surface area contributed by atoms with Crippen LogP contribution in [0.15, 0.2) is 80.4 Å². The summed E-state index contributed by atoms with van der Waals surface area (Å²) in [7, 11) is 0. The lowest BCUT2D eigenvalue weighted by Crippen LogP contribution is -2.28. The van der Waals surface area contributed by atoms with Crippen molar-refractivity contribution in [1.82, 2.24) is 4.90 Å². The standard InChI is InChI=1S/C22H16ClN3O4S/c23-16-7-8-19(28)15(10-16)11-20-21(29)26(13-17-5-3-9-30-17)22(31-20)25-24-12-14-4-1-2-6-18(14)27/h1-12,27-28H,13H2/b20-11-,24-12-,25-22+. The molecule has 1 fully saturated rings. The van der Waals surface area contributed by atoms with E-state index in [-0.39, 0.29) is 24.0 Å². The molecular formula is C22H16ClN3O4S. The van der Waals surface area contributed by atoms with E-state index in [0.717, 1.165) is 11.8 Å². The number of amides is 1. The van der Waals surface area contributed by atoms with Gasteiger partial charge in [0, 0.05) is 16.1 Å². The maximum atomic E-state index is 13.0. The second kappa shape index (κ2) is 9.11. The summed E-state index contributed by atoms with van der Waals surface area (Å²) in [6, 6.07) is 14.8. The van der Waals surface area contributed by atoms with Crippen molar-refractivity contribution >= 4 is 46.7 Å². The molecule has 0 atom stereocenters. The lowest BCUT2D eigenvalue weighted by atomic mass is 10.2. The molecule has 9 heteroatoms. The number of thioether (sulfide) groups is 1. The normalized spacial score (nSPS) is 16.8. The van der Waals surface area contributed by atoms with Crippen LogP contribution in [0.5, 0.6) is 11.5 Å². The third-order valence-electron chi connectivity index (χ3n) is 4.34. The molecule has 1 amide bonds. The maximum absolute atomic E-state index is 13.0. The second-order valence-corrected chi connectivity index (χ2v) is 7.92. The molecule has 2 N–H and O–H groups in total. The zero-order valence-electron chi connectivity index (χ0n) is 16.0. The molecule has 1 aliphatic heterocycles. The number of rotatable bonds is 5. The summed E-state index contributed by atoms with van der Waals surface area (Å²) in [5.74, 6) is 0.354. The highest BCUT2D eigenvalue weighted by Gasteiger charge is 2.34. The highest BCUT2D eigenvalue weighted by molar-refractivity contribution is 8.18. The van der Waals surface area contributed by atoms with Gasteiger partial charge in [0.15, 0.2) is 5.17 Å². The minimum atomic E-state index is -0.308. The van der Waals surface area contributed by atoms with E-state index in [1.807, 2.05) is 0 Å². The van der Waals surface area contributed by atoms with E-state index in [1.54, 1.807) is 54.6 Å². The van der Waals surface area contributed by atoms with Gasteiger partial charge in [0.2, 0.25) is 0 Å². The van der Waals surface area contributed by atoms with Gasteiger partial charge in [-0.3, -0.25) is 9.69 Å². The zero-order valence-corrected chi connectivity index (χ0v) is 17.5. The average Bonchev–Trinajstić information content (AvgIpc) is 3.36. The largest absolute Gasteiger partial charge is 0.507 e. The summed E-state index contributed by atoms with van der Waals surface area (Å²) in [5, 5.41) is 28.9. The van der Waals surface area contributed by atoms with Crippen LogP contribution in [-0.2, 0) is 11.3 Å². The van der Waals surface area contributed by atoms with Crippen LogP contribution in [0.4, 0.5) is 0 Å². The van der Waals surface area contributed by atoms with E-state index in [1.165, 1.54) is 23.4 Å². The molecule has 1 aliphatic rings. The molecule has 0 radical (unpaired) electrons. The van der Waals surface area contributed by atoms with Crippen molar-refractivity contribution in [3.63, 3.8) is 0 Å². The Kier molecular flexibility index (Phi) is 6.11. The fourth-order valence-electron chi connectivity index (χ4n) is 2.80. The molecule has 0 unspecified atom stereocenters. The number of phenols is 2. The minimum Gasteiger partial charge on any atom is -0.507 e. The number of carbonyl (C=O) groups excluding carboxylic acids is 1. The zero-order chi connectivity index (χ0) is 21.8. The highest BCUT2D eigenvalue weighted by Crippen LogP contribution is 2.35. The van der Waals surface area contributed by atoms with E-state index >= 15 is 0 Å². The van der Waals surface area contributed by atoms with E-state index in [4.69, 9.17) is 16.0 Å². The van der Waals surface area contributed by atoms with Crippen molar-refractivity contribution in [2.75, 3.05) is 0 Å². The van der Waals surface area contributed by atoms with Crippen LogP contribution in [0, 0.1) is 0 Å². The first kappa shape index (κ1) is 20.8. The third-order valence-corrected chi connectivity index (χ3v) is 5.57. The number of halogens is 1. The van der Waals surface area contributed by atoms with Crippen LogP contribution in [0.3, 0.4) is 0 Å². The number of phenolic OH excluding ortho intramolecular Hbond substituents is 2. The Labute approximate surface area is 187 Å². The number of hydrogen-bond donors (Lipinski definition) is 2. The predicted molar refractivity (Wildman–Crippen MR) is 121 cm³/mol. The summed E-state index contributed by atoms with van der Waals surface area (Å²) >= 11 is 7.12. The Balaban J connectivity index is 1.66. The number of carbonyl (C=O) groups is 1. The lowest BCUT2D eigenvalue weighted by molar-refractivity contribution is -0.122. The molecule has 0 spiro atoms. The topological polar surface area (TPSA) is 98.6 Å². The number of hydrogen-bond acceptors (Lipinski definition) is 7. The molecule has 1 aromatic heterocycles.